The summed E-state index contributed by atoms with van der Waals surface area (Å²) in [7, 11) is -0.176. The molecule has 0 aliphatic carbocycles. The largest absolute Gasteiger partial charge is 0.468 e. The number of fused-ring (bicyclic) bond motifs is 1. The van der Waals surface area contributed by atoms with E-state index in [9.17, 15) is 0 Å². The van der Waals surface area contributed by atoms with E-state index in [1.165, 1.54) is 5.56 Å². The van der Waals surface area contributed by atoms with Crippen LogP contribution in [0, 0.1) is 6.07 Å². The van der Waals surface area contributed by atoms with E-state index in [4.69, 9.17) is 9.31 Å². The third-order valence-corrected chi connectivity index (χ3v) is 2.03. The summed E-state index contributed by atoms with van der Waals surface area (Å²) >= 11 is 0. The summed E-state index contributed by atoms with van der Waals surface area (Å²) < 4.78 is 11.1. The molecule has 1 aliphatic heterocycles. The zero-order chi connectivity index (χ0) is 9.26. The predicted octanol–water partition coefficient (Wildman–Crippen LogP) is 1.13. The monoisotopic (exact) mass is 264 g/mol. The topological polar surface area (TPSA) is 18.5 Å². The van der Waals surface area contributed by atoms with Gasteiger partial charge in [-0.05, 0) is 13.8 Å². The van der Waals surface area contributed by atoms with Crippen molar-refractivity contribution in [1.29, 1.82) is 0 Å². The molecule has 0 atom stereocenters. The molecule has 4 heteroatoms. The van der Waals surface area contributed by atoms with E-state index in [0.29, 0.717) is 6.61 Å². The van der Waals surface area contributed by atoms with E-state index in [1.807, 2.05) is 32.0 Å². The molecule has 71 valence electrons. The van der Waals surface area contributed by atoms with E-state index >= 15 is 0 Å². The van der Waals surface area contributed by atoms with Gasteiger partial charge in [-0.3, -0.25) is 0 Å². The van der Waals surface area contributed by atoms with Crippen molar-refractivity contribution in [1.82, 2.24) is 0 Å². The molecule has 1 aromatic carbocycles. The van der Waals surface area contributed by atoms with Crippen molar-refractivity contribution in [2.75, 3.05) is 0 Å². The van der Waals surface area contributed by atoms with Crippen LogP contribution in [0.2, 0.25) is 0 Å². The fourth-order valence-corrected chi connectivity index (χ4v) is 1.45. The van der Waals surface area contributed by atoms with Crippen LogP contribution in [0.15, 0.2) is 18.2 Å². The number of benzene rings is 1. The van der Waals surface area contributed by atoms with Gasteiger partial charge >= 0.3 is 7.12 Å². The van der Waals surface area contributed by atoms with Crippen LogP contribution in [-0.2, 0) is 48.6 Å². The molecule has 0 aromatic heterocycles. The van der Waals surface area contributed by atoms with Gasteiger partial charge < -0.3 is 9.31 Å². The Morgan fingerprint density at radius 2 is 2.36 bits per heavy atom. The third kappa shape index (κ3) is 2.66. The van der Waals surface area contributed by atoms with Gasteiger partial charge in [0.15, 0.2) is 0 Å². The van der Waals surface area contributed by atoms with Crippen LogP contribution in [0.4, 0.5) is 0 Å². The fraction of sp³-hybridized carbons (Fsp3) is 0.400. The van der Waals surface area contributed by atoms with Crippen LogP contribution in [-0.4, -0.2) is 13.2 Å². The second kappa shape index (κ2) is 5.41. The molecule has 0 saturated carbocycles. The number of hydrogen-bond donors (Lipinski definition) is 0. The van der Waals surface area contributed by atoms with Crippen molar-refractivity contribution in [3.63, 3.8) is 0 Å². The number of hydrogen-bond acceptors (Lipinski definition) is 2. The maximum absolute atomic E-state index is 5.60. The minimum Gasteiger partial charge on any atom is -0.416 e. The molecule has 0 amide bonds. The van der Waals surface area contributed by atoms with Crippen molar-refractivity contribution in [2.24, 2.45) is 0 Å². The molecule has 1 aliphatic rings. The van der Waals surface area contributed by atoms with Crippen LogP contribution >= 0.6 is 0 Å². The van der Waals surface area contributed by atoms with Crippen LogP contribution in [0.25, 0.3) is 0 Å². The van der Waals surface area contributed by atoms with Crippen molar-refractivity contribution < 1.29 is 42.0 Å². The van der Waals surface area contributed by atoms with Crippen LogP contribution in [0.3, 0.4) is 0 Å². The molecule has 0 fully saturated rings. The zero-order valence-corrected chi connectivity index (χ0v) is 11.3. The second-order valence-corrected chi connectivity index (χ2v) is 3.45. The Balaban J connectivity index is 0.000000980. The Labute approximate surface area is 110 Å². The molecule has 2 nitrogen and oxygen atoms in total. The minimum absolute atomic E-state index is 0. The molecular weight excluding hydrogens is 252 g/mol. The first kappa shape index (κ1) is 12.4. The van der Waals surface area contributed by atoms with Gasteiger partial charge in [0.25, 0.3) is 0 Å². The van der Waals surface area contributed by atoms with Gasteiger partial charge in [-0.15, -0.1) is 11.0 Å². The Morgan fingerprint density at radius 3 is 3.07 bits per heavy atom. The first-order valence-corrected chi connectivity index (χ1v) is 4.53. The first-order chi connectivity index (χ1) is 6.27. The normalized spacial score (nSPS) is 14.1. The van der Waals surface area contributed by atoms with Crippen LogP contribution in [0.5, 0.6) is 0 Å². The summed E-state index contributed by atoms with van der Waals surface area (Å²) in [6, 6.07) is 8.89. The summed E-state index contributed by atoms with van der Waals surface area (Å²) in [5.41, 5.74) is 2.33. The molecule has 1 aromatic rings. The van der Waals surface area contributed by atoms with Gasteiger partial charge in [-0.25, -0.2) is 0 Å². The van der Waals surface area contributed by atoms with E-state index in [0.717, 1.165) is 5.46 Å². The molecule has 1 radical (unpaired) electrons. The maximum Gasteiger partial charge on any atom is 0.468 e. The smallest absolute Gasteiger partial charge is 0.416 e. The minimum atomic E-state index is -0.176. The molecule has 14 heavy (non-hydrogen) atoms. The van der Waals surface area contributed by atoms with Gasteiger partial charge in [0.1, 0.15) is 0 Å². The molecule has 0 N–H and O–H groups in total. The molecule has 1 heterocycles. The molecule has 0 spiro atoms. The average Bonchev–Trinajstić information content (AvgIpc) is 2.48. The third-order valence-electron chi connectivity index (χ3n) is 2.03. The van der Waals surface area contributed by atoms with E-state index < -0.39 is 0 Å². The van der Waals surface area contributed by atoms with E-state index in [1.54, 1.807) is 0 Å². The fourth-order valence-electron chi connectivity index (χ4n) is 1.45. The summed E-state index contributed by atoms with van der Waals surface area (Å²) in [6.07, 6.45) is 0.195. The summed E-state index contributed by atoms with van der Waals surface area (Å²) in [5, 5.41) is 0. The van der Waals surface area contributed by atoms with Gasteiger partial charge in [0, 0.05) is 45.4 Å². The van der Waals surface area contributed by atoms with Gasteiger partial charge in [0.05, 0.1) is 0 Å². The predicted molar refractivity (Wildman–Crippen MR) is 51.7 cm³/mol. The van der Waals surface area contributed by atoms with Crippen molar-refractivity contribution in [3.05, 3.63) is 29.8 Å². The SMILES string of the molecule is CC(C)OB1OCc2c[c-]ccc21.[Y]. The molecule has 0 bridgehead atoms. The zero-order valence-electron chi connectivity index (χ0n) is 8.49. The van der Waals surface area contributed by atoms with E-state index in [-0.39, 0.29) is 45.9 Å². The maximum atomic E-state index is 5.60. The Morgan fingerprint density at radius 1 is 1.57 bits per heavy atom. The van der Waals surface area contributed by atoms with Crippen LogP contribution < -0.4 is 5.46 Å². The van der Waals surface area contributed by atoms with Gasteiger partial charge in [-0.2, -0.15) is 24.3 Å². The number of rotatable bonds is 2. The standard InChI is InChI=1S/C10H12BO2.Y/c1-8(2)13-11-10-6-4-3-5-9(10)7-12-11;/h4-6,8H,7H2,1-2H3;/q-1;. The van der Waals surface area contributed by atoms with Crippen molar-refractivity contribution >= 4 is 12.6 Å². The van der Waals surface area contributed by atoms with E-state index in [2.05, 4.69) is 6.07 Å². The Kier molecular flexibility index (Phi) is 4.78. The van der Waals surface area contributed by atoms with Gasteiger partial charge in [0.2, 0.25) is 0 Å². The van der Waals surface area contributed by atoms with Gasteiger partial charge in [-0.1, -0.05) is 0 Å². The Hall–Kier alpha value is 0.309. The van der Waals surface area contributed by atoms with Crippen molar-refractivity contribution in [2.45, 2.75) is 26.6 Å². The molecule has 0 saturated heterocycles. The van der Waals surface area contributed by atoms with Crippen molar-refractivity contribution in [3.8, 4) is 0 Å². The Bertz CT molecular complexity index is 304. The second-order valence-electron chi connectivity index (χ2n) is 3.45. The quantitative estimate of drug-likeness (QED) is 0.589. The summed E-state index contributed by atoms with van der Waals surface area (Å²) in [4.78, 5) is 0. The summed E-state index contributed by atoms with van der Waals surface area (Å²) in [6.45, 7) is 4.66. The molecule has 2 rings (SSSR count). The van der Waals surface area contributed by atoms with Crippen LogP contribution in [0.1, 0.15) is 19.4 Å². The molecular formula is C10H12BO2Y-. The summed E-state index contributed by atoms with van der Waals surface area (Å²) in [5.74, 6) is 0. The average molecular weight is 264 g/mol. The first-order valence-electron chi connectivity index (χ1n) is 4.53. The molecule has 0 unspecified atom stereocenters.